The maximum atomic E-state index is 9.48. The van der Waals surface area contributed by atoms with E-state index in [0.29, 0.717) is 0 Å². The van der Waals surface area contributed by atoms with E-state index in [9.17, 15) is 5.11 Å². The van der Waals surface area contributed by atoms with Gasteiger partial charge in [0.1, 0.15) is 0 Å². The molecule has 1 atom stereocenters. The maximum Gasteiger partial charge on any atom is 0.0852 e. The topological polar surface area (TPSA) is 29.5 Å². The van der Waals surface area contributed by atoms with Crippen molar-refractivity contribution in [1.29, 1.82) is 0 Å². The van der Waals surface area contributed by atoms with Crippen molar-refractivity contribution in [2.45, 2.75) is 45.3 Å². The molecule has 2 heteroatoms. The molecule has 0 aromatic heterocycles. The summed E-state index contributed by atoms with van der Waals surface area (Å²) in [4.78, 5) is 0. The lowest BCUT2D eigenvalue weighted by Crippen LogP contribution is -2.37. The quantitative estimate of drug-likeness (QED) is 0.652. The van der Waals surface area contributed by atoms with Crippen molar-refractivity contribution in [3.8, 4) is 0 Å². The van der Waals surface area contributed by atoms with E-state index in [1.165, 1.54) is 0 Å². The summed E-state index contributed by atoms with van der Waals surface area (Å²) in [5, 5.41) is 9.48. The zero-order valence-electron chi connectivity index (χ0n) is 7.35. The maximum absolute atomic E-state index is 9.48. The SMILES string of the molecule is CCCC(OC)C(C)(C)O. The van der Waals surface area contributed by atoms with Crippen LogP contribution < -0.4 is 0 Å². The molecular formula is C8H18O2. The highest BCUT2D eigenvalue weighted by Gasteiger charge is 2.25. The summed E-state index contributed by atoms with van der Waals surface area (Å²) in [5.74, 6) is 0. The van der Waals surface area contributed by atoms with Crippen LogP contribution in [0.25, 0.3) is 0 Å². The zero-order chi connectivity index (χ0) is 8.20. The number of ether oxygens (including phenoxy) is 1. The Hall–Kier alpha value is -0.0800. The Bertz CT molecular complexity index is 83.7. The fourth-order valence-corrected chi connectivity index (χ4v) is 1.02. The molecule has 0 saturated carbocycles. The second-order valence-corrected chi connectivity index (χ2v) is 3.17. The summed E-state index contributed by atoms with van der Waals surface area (Å²) >= 11 is 0. The lowest BCUT2D eigenvalue weighted by molar-refractivity contribution is -0.0732. The first-order valence-corrected chi connectivity index (χ1v) is 3.77. The van der Waals surface area contributed by atoms with Gasteiger partial charge >= 0.3 is 0 Å². The third-order valence-electron chi connectivity index (χ3n) is 1.62. The van der Waals surface area contributed by atoms with E-state index in [1.807, 2.05) is 0 Å². The van der Waals surface area contributed by atoms with Gasteiger partial charge in [-0.1, -0.05) is 13.3 Å². The third kappa shape index (κ3) is 3.18. The molecule has 0 bridgehead atoms. The van der Waals surface area contributed by atoms with Gasteiger partial charge in [-0.05, 0) is 20.3 Å². The van der Waals surface area contributed by atoms with Gasteiger partial charge in [0.05, 0.1) is 11.7 Å². The molecule has 0 aliphatic heterocycles. The Morgan fingerprint density at radius 2 is 2.00 bits per heavy atom. The smallest absolute Gasteiger partial charge is 0.0852 e. The summed E-state index contributed by atoms with van der Waals surface area (Å²) in [6, 6.07) is 0. The van der Waals surface area contributed by atoms with Crippen LogP contribution in [0.5, 0.6) is 0 Å². The summed E-state index contributed by atoms with van der Waals surface area (Å²) in [5.41, 5.74) is -0.704. The van der Waals surface area contributed by atoms with Crippen LogP contribution in [0.2, 0.25) is 0 Å². The molecule has 0 rings (SSSR count). The van der Waals surface area contributed by atoms with Crippen molar-refractivity contribution in [2.24, 2.45) is 0 Å². The van der Waals surface area contributed by atoms with Crippen molar-refractivity contribution >= 4 is 0 Å². The van der Waals surface area contributed by atoms with Crippen LogP contribution in [0.15, 0.2) is 0 Å². The Morgan fingerprint density at radius 1 is 1.50 bits per heavy atom. The Kier molecular flexibility index (Phi) is 3.91. The van der Waals surface area contributed by atoms with Crippen LogP contribution >= 0.6 is 0 Å². The largest absolute Gasteiger partial charge is 0.388 e. The van der Waals surface area contributed by atoms with Gasteiger partial charge < -0.3 is 9.84 Å². The predicted octanol–water partition coefficient (Wildman–Crippen LogP) is 1.57. The van der Waals surface area contributed by atoms with E-state index < -0.39 is 5.60 Å². The van der Waals surface area contributed by atoms with Gasteiger partial charge in [-0.25, -0.2) is 0 Å². The number of aliphatic hydroxyl groups is 1. The average Bonchev–Trinajstić information content (AvgIpc) is 1.80. The second-order valence-electron chi connectivity index (χ2n) is 3.17. The highest BCUT2D eigenvalue weighted by Crippen LogP contribution is 2.16. The molecule has 0 radical (unpaired) electrons. The van der Waals surface area contributed by atoms with Crippen molar-refractivity contribution in [2.75, 3.05) is 7.11 Å². The predicted molar refractivity (Wildman–Crippen MR) is 42.0 cm³/mol. The molecule has 0 aliphatic carbocycles. The van der Waals surface area contributed by atoms with Crippen LogP contribution in [0.3, 0.4) is 0 Å². The van der Waals surface area contributed by atoms with E-state index in [0.717, 1.165) is 12.8 Å². The van der Waals surface area contributed by atoms with Crippen LogP contribution in [0, 0.1) is 0 Å². The van der Waals surface area contributed by atoms with Gasteiger partial charge in [0.2, 0.25) is 0 Å². The molecule has 0 amide bonds. The molecule has 0 saturated heterocycles. The van der Waals surface area contributed by atoms with Crippen molar-refractivity contribution in [3.05, 3.63) is 0 Å². The molecule has 2 nitrogen and oxygen atoms in total. The minimum atomic E-state index is -0.704. The van der Waals surface area contributed by atoms with E-state index in [4.69, 9.17) is 4.74 Å². The van der Waals surface area contributed by atoms with Gasteiger partial charge in [-0.3, -0.25) is 0 Å². The normalized spacial score (nSPS) is 15.3. The van der Waals surface area contributed by atoms with Gasteiger partial charge in [0.15, 0.2) is 0 Å². The summed E-state index contributed by atoms with van der Waals surface area (Å²) < 4.78 is 5.11. The fourth-order valence-electron chi connectivity index (χ4n) is 1.02. The first-order valence-electron chi connectivity index (χ1n) is 3.77. The van der Waals surface area contributed by atoms with Gasteiger partial charge in [0.25, 0.3) is 0 Å². The molecule has 0 fully saturated rings. The monoisotopic (exact) mass is 146 g/mol. The number of hydrogen-bond donors (Lipinski definition) is 1. The lowest BCUT2D eigenvalue weighted by atomic mass is 9.98. The van der Waals surface area contributed by atoms with Crippen LogP contribution in [-0.4, -0.2) is 23.9 Å². The van der Waals surface area contributed by atoms with E-state index in [1.54, 1.807) is 21.0 Å². The standard InChI is InChI=1S/C8H18O2/c1-5-6-7(10-4)8(2,3)9/h7,9H,5-6H2,1-4H3. The van der Waals surface area contributed by atoms with Crippen LogP contribution in [0.4, 0.5) is 0 Å². The number of rotatable bonds is 4. The minimum absolute atomic E-state index is 0.0301. The summed E-state index contributed by atoms with van der Waals surface area (Å²) in [7, 11) is 1.64. The molecule has 0 heterocycles. The average molecular weight is 146 g/mol. The van der Waals surface area contributed by atoms with Crippen molar-refractivity contribution in [1.82, 2.24) is 0 Å². The summed E-state index contributed by atoms with van der Waals surface area (Å²) in [6.07, 6.45) is 1.93. The fraction of sp³-hybridized carbons (Fsp3) is 1.00. The Morgan fingerprint density at radius 3 is 2.10 bits per heavy atom. The molecule has 0 aliphatic rings. The van der Waals surface area contributed by atoms with Crippen molar-refractivity contribution < 1.29 is 9.84 Å². The minimum Gasteiger partial charge on any atom is -0.388 e. The highest BCUT2D eigenvalue weighted by molar-refractivity contribution is 4.76. The molecule has 0 aromatic rings. The molecule has 1 N–H and O–H groups in total. The van der Waals surface area contributed by atoms with Gasteiger partial charge in [-0.15, -0.1) is 0 Å². The van der Waals surface area contributed by atoms with Crippen LogP contribution in [-0.2, 0) is 4.74 Å². The van der Waals surface area contributed by atoms with Gasteiger partial charge in [0, 0.05) is 7.11 Å². The van der Waals surface area contributed by atoms with Crippen LogP contribution in [0.1, 0.15) is 33.6 Å². The third-order valence-corrected chi connectivity index (χ3v) is 1.62. The van der Waals surface area contributed by atoms with E-state index in [-0.39, 0.29) is 6.10 Å². The zero-order valence-corrected chi connectivity index (χ0v) is 7.35. The van der Waals surface area contributed by atoms with Gasteiger partial charge in [-0.2, -0.15) is 0 Å². The highest BCUT2D eigenvalue weighted by atomic mass is 16.5. The molecule has 10 heavy (non-hydrogen) atoms. The molecule has 0 spiro atoms. The summed E-state index contributed by atoms with van der Waals surface area (Å²) in [6.45, 7) is 5.63. The molecule has 62 valence electrons. The number of methoxy groups -OCH3 is 1. The Balaban J connectivity index is 3.81. The van der Waals surface area contributed by atoms with Crippen molar-refractivity contribution in [3.63, 3.8) is 0 Å². The Labute approximate surface area is 63.2 Å². The molecular weight excluding hydrogens is 128 g/mol. The number of hydrogen-bond acceptors (Lipinski definition) is 2. The van der Waals surface area contributed by atoms with E-state index >= 15 is 0 Å². The first kappa shape index (κ1) is 9.92. The molecule has 1 unspecified atom stereocenters. The molecule has 0 aromatic carbocycles. The first-order chi connectivity index (χ1) is 4.52. The second kappa shape index (κ2) is 3.94. The lowest BCUT2D eigenvalue weighted by Gasteiger charge is -2.27. The van der Waals surface area contributed by atoms with E-state index in [2.05, 4.69) is 6.92 Å².